The Morgan fingerprint density at radius 1 is 1.32 bits per heavy atom. The number of anilines is 2. The number of ketones is 1. The molecule has 1 saturated heterocycles. The van der Waals surface area contributed by atoms with Crippen molar-refractivity contribution in [1.82, 2.24) is 0 Å². The number of Topliss-reactive ketones (excluding diaryl/α,β-unsaturated/α-hetero) is 1. The highest BCUT2D eigenvalue weighted by molar-refractivity contribution is 6.10. The average Bonchev–Trinajstić information content (AvgIpc) is 2.56. The summed E-state index contributed by atoms with van der Waals surface area (Å²) >= 11 is 0. The van der Waals surface area contributed by atoms with Gasteiger partial charge in [0.05, 0.1) is 24.6 Å². The van der Waals surface area contributed by atoms with Gasteiger partial charge in [0.2, 0.25) is 5.71 Å². The number of nitrogens with zero attached hydrogens (tertiary/aromatic N) is 4. The quantitative estimate of drug-likeness (QED) is 0.514. The first-order valence-corrected chi connectivity index (χ1v) is 6.77. The summed E-state index contributed by atoms with van der Waals surface area (Å²) in [6, 6.07) is 8.62. The van der Waals surface area contributed by atoms with Crippen LogP contribution in [-0.4, -0.2) is 37.8 Å². The minimum Gasteiger partial charge on any atom is -0.378 e. The van der Waals surface area contributed by atoms with Gasteiger partial charge in [-0.25, -0.2) is 0 Å². The average molecular weight is 297 g/mol. The van der Waals surface area contributed by atoms with Crippen LogP contribution in [0.2, 0.25) is 0 Å². The number of hydrazone groups is 1. The van der Waals surface area contributed by atoms with E-state index in [-0.39, 0.29) is 11.5 Å². The monoisotopic (exact) mass is 297 g/mol. The number of nitrogens with one attached hydrogen (secondary N) is 1. The molecule has 0 aliphatic carbocycles. The first kappa shape index (κ1) is 15.5. The lowest BCUT2D eigenvalue weighted by atomic mass is 10.1. The van der Waals surface area contributed by atoms with Gasteiger partial charge < -0.3 is 9.64 Å². The van der Waals surface area contributed by atoms with Gasteiger partial charge in [0.15, 0.2) is 5.78 Å². The Morgan fingerprint density at radius 3 is 2.59 bits per heavy atom. The molecular weight excluding hydrogens is 282 g/mol. The van der Waals surface area contributed by atoms with Crippen molar-refractivity contribution in [2.45, 2.75) is 6.92 Å². The Bertz CT molecular complexity index is 662. The van der Waals surface area contributed by atoms with E-state index in [0.717, 1.165) is 18.8 Å². The smallest absolute Gasteiger partial charge is 0.237 e. The highest BCUT2D eigenvalue weighted by atomic mass is 16.5. The van der Waals surface area contributed by atoms with E-state index in [4.69, 9.17) is 15.3 Å². The topological polar surface area (TPSA) is 102 Å². The van der Waals surface area contributed by atoms with Crippen molar-refractivity contribution in [3.05, 3.63) is 23.8 Å². The molecule has 0 bridgehead atoms. The number of carbonyl (C=O) groups is 1. The minimum atomic E-state index is -0.277. The molecule has 0 amide bonds. The van der Waals surface area contributed by atoms with Gasteiger partial charge in [0.25, 0.3) is 0 Å². The minimum absolute atomic E-state index is 0.0682. The summed E-state index contributed by atoms with van der Waals surface area (Å²) in [5, 5.41) is 21.2. The lowest BCUT2D eigenvalue weighted by molar-refractivity contribution is 0.101. The van der Waals surface area contributed by atoms with Crippen LogP contribution < -0.4 is 10.3 Å². The zero-order valence-corrected chi connectivity index (χ0v) is 12.2. The SMILES string of the molecule is CC(=O)c1ccc(N2CCOCC2)c(NN=C(C#N)C#N)c1. The number of morpholine rings is 1. The third kappa shape index (κ3) is 3.60. The van der Waals surface area contributed by atoms with Gasteiger partial charge in [-0.2, -0.15) is 15.6 Å². The fourth-order valence-electron chi connectivity index (χ4n) is 2.12. The number of ether oxygens (including phenoxy) is 1. The molecule has 1 aliphatic rings. The summed E-state index contributed by atoms with van der Waals surface area (Å²) in [6.45, 7) is 4.17. The molecule has 1 aromatic carbocycles. The van der Waals surface area contributed by atoms with Gasteiger partial charge in [0, 0.05) is 18.7 Å². The molecule has 1 aromatic rings. The van der Waals surface area contributed by atoms with Crippen LogP contribution in [0.15, 0.2) is 23.3 Å². The second kappa shape index (κ2) is 7.21. The van der Waals surface area contributed by atoms with Crippen LogP contribution in [-0.2, 0) is 4.74 Å². The molecule has 1 aliphatic heterocycles. The van der Waals surface area contributed by atoms with Crippen LogP contribution in [0.3, 0.4) is 0 Å². The van der Waals surface area contributed by atoms with E-state index in [1.165, 1.54) is 6.92 Å². The maximum absolute atomic E-state index is 11.5. The zero-order chi connectivity index (χ0) is 15.9. The lowest BCUT2D eigenvalue weighted by Gasteiger charge is -2.30. The van der Waals surface area contributed by atoms with Crippen molar-refractivity contribution < 1.29 is 9.53 Å². The number of hydrogen-bond donors (Lipinski definition) is 1. The molecule has 0 unspecified atom stereocenters. The molecule has 0 aromatic heterocycles. The van der Waals surface area contributed by atoms with Crippen molar-refractivity contribution in [2.75, 3.05) is 36.6 Å². The van der Waals surface area contributed by atoms with Crippen LogP contribution in [0.5, 0.6) is 0 Å². The summed E-state index contributed by atoms with van der Waals surface area (Å²) in [5.41, 5.74) is 4.41. The largest absolute Gasteiger partial charge is 0.378 e. The number of hydrogen-bond acceptors (Lipinski definition) is 7. The Hall–Kier alpha value is -2.90. The van der Waals surface area contributed by atoms with E-state index in [0.29, 0.717) is 24.5 Å². The van der Waals surface area contributed by atoms with E-state index < -0.39 is 0 Å². The van der Waals surface area contributed by atoms with Crippen LogP contribution in [0.1, 0.15) is 17.3 Å². The summed E-state index contributed by atoms with van der Waals surface area (Å²) in [7, 11) is 0. The fourth-order valence-corrected chi connectivity index (χ4v) is 2.12. The van der Waals surface area contributed by atoms with Gasteiger partial charge in [0.1, 0.15) is 12.1 Å². The van der Waals surface area contributed by atoms with Crippen LogP contribution in [0, 0.1) is 22.7 Å². The zero-order valence-electron chi connectivity index (χ0n) is 12.2. The molecule has 0 saturated carbocycles. The Morgan fingerprint density at radius 2 is 2.00 bits per heavy atom. The highest BCUT2D eigenvalue weighted by Gasteiger charge is 2.16. The predicted molar refractivity (Wildman–Crippen MR) is 81.8 cm³/mol. The molecule has 112 valence electrons. The molecule has 1 fully saturated rings. The molecule has 1 N–H and O–H groups in total. The van der Waals surface area contributed by atoms with E-state index in [2.05, 4.69) is 15.4 Å². The summed E-state index contributed by atoms with van der Waals surface area (Å²) in [5.74, 6) is -0.0682. The fraction of sp³-hybridized carbons (Fsp3) is 0.333. The van der Waals surface area contributed by atoms with Gasteiger partial charge in [-0.1, -0.05) is 0 Å². The summed E-state index contributed by atoms with van der Waals surface area (Å²) in [4.78, 5) is 13.6. The van der Waals surface area contributed by atoms with Crippen molar-refractivity contribution in [3.63, 3.8) is 0 Å². The molecule has 1 heterocycles. The molecular formula is C15H15N5O2. The first-order chi connectivity index (χ1) is 10.7. The normalized spacial score (nSPS) is 13.7. The Labute approximate surface area is 128 Å². The molecule has 2 rings (SSSR count). The van der Waals surface area contributed by atoms with Gasteiger partial charge >= 0.3 is 0 Å². The maximum Gasteiger partial charge on any atom is 0.237 e. The van der Waals surface area contributed by atoms with Crippen molar-refractivity contribution in [3.8, 4) is 12.1 Å². The Kier molecular flexibility index (Phi) is 5.07. The van der Waals surface area contributed by atoms with E-state index >= 15 is 0 Å². The van der Waals surface area contributed by atoms with Crippen LogP contribution in [0.4, 0.5) is 11.4 Å². The standard InChI is InChI=1S/C15H15N5O2/c1-11(21)12-2-3-15(20-4-6-22-7-5-20)14(8-12)19-18-13(9-16)10-17/h2-3,8,19H,4-7H2,1H3. The molecule has 0 atom stereocenters. The second-order valence-corrected chi connectivity index (χ2v) is 4.68. The highest BCUT2D eigenvalue weighted by Crippen LogP contribution is 2.28. The number of carbonyl (C=O) groups excluding carboxylic acids is 1. The Balaban J connectivity index is 2.36. The van der Waals surface area contributed by atoms with E-state index in [1.54, 1.807) is 24.3 Å². The number of rotatable bonds is 4. The molecule has 0 radical (unpaired) electrons. The van der Waals surface area contributed by atoms with Gasteiger partial charge in [-0.05, 0) is 25.1 Å². The van der Waals surface area contributed by atoms with Crippen LogP contribution >= 0.6 is 0 Å². The molecule has 7 nitrogen and oxygen atoms in total. The number of nitriles is 2. The van der Waals surface area contributed by atoms with E-state index in [9.17, 15) is 4.79 Å². The third-order valence-corrected chi connectivity index (χ3v) is 3.25. The van der Waals surface area contributed by atoms with Crippen molar-refractivity contribution in [2.24, 2.45) is 5.10 Å². The van der Waals surface area contributed by atoms with Crippen molar-refractivity contribution in [1.29, 1.82) is 10.5 Å². The van der Waals surface area contributed by atoms with Gasteiger partial charge in [-0.3, -0.25) is 10.2 Å². The van der Waals surface area contributed by atoms with Crippen molar-refractivity contribution >= 4 is 22.9 Å². The molecule has 22 heavy (non-hydrogen) atoms. The van der Waals surface area contributed by atoms with Gasteiger partial charge in [-0.15, -0.1) is 0 Å². The second-order valence-electron chi connectivity index (χ2n) is 4.68. The van der Waals surface area contributed by atoms with Crippen LogP contribution in [0.25, 0.3) is 0 Å². The third-order valence-electron chi connectivity index (χ3n) is 3.25. The van der Waals surface area contributed by atoms with E-state index in [1.807, 2.05) is 6.07 Å². The molecule has 7 heteroatoms. The lowest BCUT2D eigenvalue weighted by Crippen LogP contribution is -2.36. The predicted octanol–water partition coefficient (Wildman–Crippen LogP) is 1.54. The maximum atomic E-state index is 11.5. The summed E-state index contributed by atoms with van der Waals surface area (Å²) < 4.78 is 5.33. The first-order valence-electron chi connectivity index (χ1n) is 6.77. The molecule has 0 spiro atoms. The summed E-state index contributed by atoms with van der Waals surface area (Å²) in [6.07, 6.45) is 0. The number of benzene rings is 1.